The zero-order chi connectivity index (χ0) is 17.8. The van der Waals surface area contributed by atoms with Gasteiger partial charge in [-0.2, -0.15) is 0 Å². The number of aliphatic hydroxyl groups excluding tert-OH is 1. The van der Waals surface area contributed by atoms with Crippen LogP contribution in [0.1, 0.15) is 33.1 Å². The van der Waals surface area contributed by atoms with Crippen LogP contribution in [0.25, 0.3) is 0 Å². The van der Waals surface area contributed by atoms with Gasteiger partial charge in [0.2, 0.25) is 5.91 Å². The number of hydrogen-bond donors (Lipinski definition) is 2. The molecule has 1 saturated heterocycles. The second-order valence-corrected chi connectivity index (χ2v) is 7.84. The lowest BCUT2D eigenvalue weighted by Crippen LogP contribution is -2.63. The molecule has 2 N–H and O–H groups in total. The molecule has 130 valence electrons. The summed E-state index contributed by atoms with van der Waals surface area (Å²) in [5, 5.41) is 18.9. The van der Waals surface area contributed by atoms with E-state index in [-0.39, 0.29) is 41.6 Å². The number of Topliss-reactive ketones (excluding diaryl/α,β-unsaturated/α-hetero) is 2. The number of aliphatic hydroxyl groups is 1. The molecule has 1 amide bonds. The first-order valence-corrected chi connectivity index (χ1v) is 8.81. The highest BCUT2D eigenvalue weighted by atomic mass is 32.2. The third kappa shape index (κ3) is 2.48. The van der Waals surface area contributed by atoms with Crippen molar-refractivity contribution in [3.8, 4) is 0 Å². The van der Waals surface area contributed by atoms with Crippen molar-refractivity contribution in [2.24, 2.45) is 11.8 Å². The highest BCUT2D eigenvalue weighted by Gasteiger charge is 2.60. The normalized spacial score (nSPS) is 34.3. The molecule has 5 atom stereocenters. The summed E-state index contributed by atoms with van der Waals surface area (Å²) in [6.07, 6.45) is -0.251. The van der Waals surface area contributed by atoms with Gasteiger partial charge in [0.25, 0.3) is 0 Å². The van der Waals surface area contributed by atoms with Crippen LogP contribution in [0, 0.1) is 11.8 Å². The van der Waals surface area contributed by atoms with Crippen LogP contribution in [0.15, 0.2) is 10.6 Å². The van der Waals surface area contributed by atoms with E-state index in [0.717, 1.165) is 0 Å². The number of rotatable bonds is 4. The third-order valence-corrected chi connectivity index (χ3v) is 6.60. The highest BCUT2D eigenvalue weighted by molar-refractivity contribution is 8.04. The van der Waals surface area contributed by atoms with E-state index in [2.05, 4.69) is 0 Å². The molecule has 2 heterocycles. The van der Waals surface area contributed by atoms with E-state index in [0.29, 0.717) is 17.7 Å². The summed E-state index contributed by atoms with van der Waals surface area (Å²) in [5.74, 6) is -2.74. The van der Waals surface area contributed by atoms with Gasteiger partial charge in [-0.3, -0.25) is 14.4 Å². The number of nitrogens with zero attached hydrogens (tertiary/aromatic N) is 1. The van der Waals surface area contributed by atoms with Crippen LogP contribution in [0.5, 0.6) is 0 Å². The van der Waals surface area contributed by atoms with Crippen molar-refractivity contribution in [2.75, 3.05) is 0 Å². The molecule has 8 heteroatoms. The Balaban J connectivity index is 1.88. The Labute approximate surface area is 143 Å². The Bertz CT molecular complexity index is 669. The van der Waals surface area contributed by atoms with Gasteiger partial charge in [-0.1, -0.05) is 6.92 Å². The van der Waals surface area contributed by atoms with Gasteiger partial charge >= 0.3 is 5.97 Å². The highest BCUT2D eigenvalue weighted by Crippen LogP contribution is 2.51. The fourth-order valence-electron chi connectivity index (χ4n) is 3.81. The average molecular weight is 353 g/mol. The van der Waals surface area contributed by atoms with Crippen molar-refractivity contribution < 1.29 is 29.4 Å². The van der Waals surface area contributed by atoms with E-state index in [1.807, 2.05) is 6.92 Å². The van der Waals surface area contributed by atoms with Crippen molar-refractivity contribution >= 4 is 35.2 Å². The lowest BCUT2D eigenvalue weighted by atomic mass is 9.79. The number of thioether (sulfide) groups is 1. The summed E-state index contributed by atoms with van der Waals surface area (Å²) in [6, 6.07) is -0.383. The van der Waals surface area contributed by atoms with E-state index in [4.69, 9.17) is 0 Å². The molecular weight excluding hydrogens is 334 g/mol. The fourth-order valence-corrected chi connectivity index (χ4v) is 5.21. The van der Waals surface area contributed by atoms with Gasteiger partial charge in [-0.15, -0.1) is 11.8 Å². The molecule has 3 aliphatic rings. The van der Waals surface area contributed by atoms with Crippen molar-refractivity contribution in [3.05, 3.63) is 10.6 Å². The molecule has 0 bridgehead atoms. The first-order valence-electron chi connectivity index (χ1n) is 7.93. The number of hydrogen-bond acceptors (Lipinski definition) is 6. The summed E-state index contributed by atoms with van der Waals surface area (Å²) in [5.41, 5.74) is -0.0795. The topological polar surface area (TPSA) is 112 Å². The van der Waals surface area contributed by atoms with E-state index in [9.17, 15) is 29.4 Å². The van der Waals surface area contributed by atoms with Crippen LogP contribution in [-0.4, -0.2) is 56.0 Å². The molecule has 0 unspecified atom stereocenters. The summed E-state index contributed by atoms with van der Waals surface area (Å²) < 4.78 is 0. The number of β-lactam (4-membered cyclic amide) rings is 1. The summed E-state index contributed by atoms with van der Waals surface area (Å²) in [7, 11) is 0. The second-order valence-electron chi connectivity index (χ2n) is 6.60. The predicted molar refractivity (Wildman–Crippen MR) is 84.9 cm³/mol. The lowest BCUT2D eigenvalue weighted by molar-refractivity contribution is -0.163. The molecule has 0 radical (unpaired) electrons. The number of carbonyl (C=O) groups excluding carboxylic acids is 3. The van der Waals surface area contributed by atoms with Crippen LogP contribution < -0.4 is 0 Å². The van der Waals surface area contributed by atoms with Crippen LogP contribution in [0.3, 0.4) is 0 Å². The number of carbonyl (C=O) groups is 4. The minimum Gasteiger partial charge on any atom is -0.477 e. The summed E-state index contributed by atoms with van der Waals surface area (Å²) >= 11 is 1.17. The average Bonchev–Trinajstić information content (AvgIpc) is 2.71. The van der Waals surface area contributed by atoms with Gasteiger partial charge in [0.05, 0.1) is 29.7 Å². The van der Waals surface area contributed by atoms with Crippen molar-refractivity contribution in [1.29, 1.82) is 0 Å². The summed E-state index contributed by atoms with van der Waals surface area (Å²) in [6.45, 7) is 3.34. The van der Waals surface area contributed by atoms with Gasteiger partial charge in [0, 0.05) is 17.2 Å². The number of carboxylic acid groups (broad SMARTS) is 1. The van der Waals surface area contributed by atoms with Gasteiger partial charge in [-0.25, -0.2) is 4.79 Å². The maximum atomic E-state index is 12.2. The van der Waals surface area contributed by atoms with Crippen molar-refractivity contribution in [3.63, 3.8) is 0 Å². The number of aliphatic carboxylic acids is 1. The Morgan fingerprint density at radius 2 is 2.00 bits per heavy atom. The van der Waals surface area contributed by atoms with E-state index < -0.39 is 23.2 Å². The molecule has 0 aromatic heterocycles. The van der Waals surface area contributed by atoms with E-state index in [1.165, 1.54) is 23.6 Å². The molecule has 24 heavy (non-hydrogen) atoms. The summed E-state index contributed by atoms with van der Waals surface area (Å²) in [4.78, 5) is 49.1. The van der Waals surface area contributed by atoms with Crippen LogP contribution >= 0.6 is 11.8 Å². The van der Waals surface area contributed by atoms with Gasteiger partial charge in [0.1, 0.15) is 11.5 Å². The molecule has 0 spiro atoms. The quantitative estimate of drug-likeness (QED) is 0.561. The van der Waals surface area contributed by atoms with E-state index in [1.54, 1.807) is 0 Å². The Morgan fingerprint density at radius 3 is 2.54 bits per heavy atom. The predicted octanol–water partition coefficient (Wildman–Crippen LogP) is 0.564. The molecule has 0 aromatic rings. The standard InChI is InChI=1S/C16H19NO6S/c1-6-12-11(7(2)18)15(21)17(12)13(16(22)23)14(6)24-10-4-3-8(19)5-9(10)20/h6-7,10-12,18H,3-5H2,1-2H3,(H,22,23)/t6-,7-,10+,11-,12-/m1/s1. The van der Waals surface area contributed by atoms with Crippen molar-refractivity contribution in [1.82, 2.24) is 4.90 Å². The molecule has 0 aromatic carbocycles. The Kier molecular flexibility index (Phi) is 4.29. The van der Waals surface area contributed by atoms with Gasteiger partial charge in [-0.05, 0) is 13.3 Å². The number of fused-ring (bicyclic) bond motifs is 1. The van der Waals surface area contributed by atoms with Crippen molar-refractivity contribution in [2.45, 2.75) is 50.5 Å². The molecule has 2 aliphatic heterocycles. The zero-order valence-corrected chi connectivity index (χ0v) is 14.2. The first kappa shape index (κ1) is 17.2. The lowest BCUT2D eigenvalue weighted by Gasteiger charge is -2.46. The van der Waals surface area contributed by atoms with Crippen LogP contribution in [0.2, 0.25) is 0 Å². The minimum absolute atomic E-state index is 0.0795. The maximum absolute atomic E-state index is 12.2. The molecule has 7 nitrogen and oxygen atoms in total. The molecule has 1 saturated carbocycles. The smallest absolute Gasteiger partial charge is 0.353 e. The van der Waals surface area contributed by atoms with Crippen LogP contribution in [0.4, 0.5) is 0 Å². The molecule has 1 aliphatic carbocycles. The fraction of sp³-hybridized carbons (Fsp3) is 0.625. The monoisotopic (exact) mass is 353 g/mol. The molecule has 3 rings (SSSR count). The Morgan fingerprint density at radius 1 is 1.33 bits per heavy atom. The zero-order valence-electron chi connectivity index (χ0n) is 13.4. The van der Waals surface area contributed by atoms with E-state index >= 15 is 0 Å². The largest absolute Gasteiger partial charge is 0.477 e. The minimum atomic E-state index is -1.21. The second kappa shape index (κ2) is 6.00. The molecule has 2 fully saturated rings. The Hall–Kier alpha value is -1.67. The SMILES string of the molecule is C[C@@H](O)[C@H]1C(=O)N2C(C(=O)O)=C(S[C@H]3CCC(=O)CC3=O)[C@H](C)[C@H]12. The first-order chi connectivity index (χ1) is 11.2. The van der Waals surface area contributed by atoms with Crippen LogP contribution in [-0.2, 0) is 19.2 Å². The molecular formula is C16H19NO6S. The third-order valence-electron chi connectivity index (χ3n) is 5.00. The number of carboxylic acids is 1. The number of amides is 1. The van der Waals surface area contributed by atoms with Gasteiger partial charge in [0.15, 0.2) is 5.78 Å². The number of ketones is 2. The maximum Gasteiger partial charge on any atom is 0.353 e. The van der Waals surface area contributed by atoms with Gasteiger partial charge < -0.3 is 15.1 Å².